The maximum atomic E-state index is 11.8. The summed E-state index contributed by atoms with van der Waals surface area (Å²) in [5.74, 6) is -1.08. The lowest BCUT2D eigenvalue weighted by molar-refractivity contribution is -0.141. The Balaban J connectivity index is 2.76. The first-order valence-corrected chi connectivity index (χ1v) is 7.03. The van der Waals surface area contributed by atoms with E-state index in [1.54, 1.807) is 39.0 Å². The van der Waals surface area contributed by atoms with Crippen LogP contribution in [0.2, 0.25) is 5.02 Å². The van der Waals surface area contributed by atoms with Gasteiger partial charge >= 0.3 is 12.0 Å². The summed E-state index contributed by atoms with van der Waals surface area (Å²) in [7, 11) is 0. The molecule has 5 nitrogen and oxygen atoms in total. The molecule has 0 fully saturated rings. The molecule has 0 saturated heterocycles. The zero-order valence-corrected chi connectivity index (χ0v) is 13.7. The fourth-order valence-corrected chi connectivity index (χ4v) is 1.95. The van der Waals surface area contributed by atoms with Gasteiger partial charge in [0, 0.05) is 10.2 Å². The highest BCUT2D eigenvalue weighted by Gasteiger charge is 2.32. The fraction of sp³-hybridized carbons (Fsp3) is 0.385. The van der Waals surface area contributed by atoms with Crippen LogP contribution in [0.5, 0.6) is 0 Å². The molecule has 2 amide bonds. The minimum absolute atomic E-state index is 0.452. The summed E-state index contributed by atoms with van der Waals surface area (Å²) in [6.45, 7) is 5.22. The Morgan fingerprint density at radius 3 is 2.40 bits per heavy atom. The Bertz CT molecular complexity index is 529. The average Bonchev–Trinajstić information content (AvgIpc) is 2.29. The van der Waals surface area contributed by atoms with Crippen molar-refractivity contribution in [2.45, 2.75) is 26.8 Å². The standard InChI is InChI=1S/C13H16BrClN2O3/c1-13(2,3)10(11(18)19)17-12(20)16-7-4-5-8(14)9(15)6-7/h4-6,10H,1-3H3,(H,18,19)(H2,16,17,20)/t10-/m1/s1. The SMILES string of the molecule is CC(C)(C)[C@H](NC(=O)Nc1ccc(Br)c(Cl)c1)C(=O)O. The second-order valence-corrected chi connectivity index (χ2v) is 6.63. The van der Waals surface area contributed by atoms with Crippen molar-refractivity contribution in [2.24, 2.45) is 5.41 Å². The molecule has 0 aliphatic rings. The number of hydrogen-bond acceptors (Lipinski definition) is 2. The summed E-state index contributed by atoms with van der Waals surface area (Å²) in [5, 5.41) is 14.6. The minimum Gasteiger partial charge on any atom is -0.480 e. The van der Waals surface area contributed by atoms with Crippen LogP contribution in [0.15, 0.2) is 22.7 Å². The van der Waals surface area contributed by atoms with Crippen LogP contribution in [0.4, 0.5) is 10.5 Å². The van der Waals surface area contributed by atoms with Gasteiger partial charge in [0.1, 0.15) is 6.04 Å². The molecule has 0 saturated carbocycles. The number of hydrogen-bond donors (Lipinski definition) is 3. The van der Waals surface area contributed by atoms with Crippen LogP contribution in [0.25, 0.3) is 0 Å². The molecule has 3 N–H and O–H groups in total. The molecule has 0 unspecified atom stereocenters. The molecule has 0 spiro atoms. The number of urea groups is 1. The summed E-state index contributed by atoms with van der Waals surface area (Å²) in [6, 6.07) is 3.33. The number of carboxylic acid groups (broad SMARTS) is 1. The molecule has 1 aromatic rings. The number of halogens is 2. The predicted molar refractivity (Wildman–Crippen MR) is 82.2 cm³/mol. The van der Waals surface area contributed by atoms with E-state index in [4.69, 9.17) is 16.7 Å². The van der Waals surface area contributed by atoms with E-state index in [2.05, 4.69) is 26.6 Å². The Hall–Kier alpha value is -1.27. The van der Waals surface area contributed by atoms with E-state index in [1.165, 1.54) is 0 Å². The quantitative estimate of drug-likeness (QED) is 0.766. The number of rotatable bonds is 3. The van der Waals surface area contributed by atoms with E-state index in [0.29, 0.717) is 15.2 Å². The van der Waals surface area contributed by atoms with Crippen molar-refractivity contribution >= 4 is 45.2 Å². The Morgan fingerprint density at radius 1 is 1.35 bits per heavy atom. The Morgan fingerprint density at radius 2 is 1.95 bits per heavy atom. The van der Waals surface area contributed by atoms with Gasteiger partial charge in [-0.1, -0.05) is 32.4 Å². The van der Waals surface area contributed by atoms with Crippen molar-refractivity contribution in [1.29, 1.82) is 0 Å². The van der Waals surface area contributed by atoms with Gasteiger partial charge in [0.05, 0.1) is 5.02 Å². The van der Waals surface area contributed by atoms with E-state index in [-0.39, 0.29) is 0 Å². The molecule has 7 heteroatoms. The molecule has 1 rings (SSSR count). The largest absolute Gasteiger partial charge is 0.480 e. The zero-order chi connectivity index (χ0) is 15.5. The molecule has 0 aliphatic heterocycles. The number of carbonyl (C=O) groups is 2. The first kappa shape index (κ1) is 16.8. The first-order chi connectivity index (χ1) is 9.11. The monoisotopic (exact) mass is 362 g/mol. The van der Waals surface area contributed by atoms with Gasteiger partial charge in [0.15, 0.2) is 0 Å². The van der Waals surface area contributed by atoms with Gasteiger partial charge in [-0.15, -0.1) is 0 Å². The first-order valence-electron chi connectivity index (χ1n) is 5.86. The molecule has 20 heavy (non-hydrogen) atoms. The molecule has 1 aromatic carbocycles. The molecule has 110 valence electrons. The maximum Gasteiger partial charge on any atom is 0.326 e. The van der Waals surface area contributed by atoms with Gasteiger partial charge in [-0.25, -0.2) is 9.59 Å². The normalized spacial score (nSPS) is 12.7. The average molecular weight is 364 g/mol. The Labute approximate surface area is 130 Å². The van der Waals surface area contributed by atoms with Gasteiger partial charge in [-0.2, -0.15) is 0 Å². The summed E-state index contributed by atoms with van der Waals surface area (Å²) in [6.07, 6.45) is 0. The third-order valence-corrected chi connectivity index (χ3v) is 3.80. The molecular weight excluding hydrogens is 348 g/mol. The van der Waals surface area contributed by atoms with Gasteiger partial charge < -0.3 is 15.7 Å². The predicted octanol–water partition coefficient (Wildman–Crippen LogP) is 3.72. The van der Waals surface area contributed by atoms with E-state index in [1.807, 2.05) is 0 Å². The molecule has 1 atom stereocenters. The third kappa shape index (κ3) is 4.68. The zero-order valence-electron chi connectivity index (χ0n) is 11.3. The molecule has 0 aliphatic carbocycles. The van der Waals surface area contributed by atoms with Gasteiger partial charge in [0.2, 0.25) is 0 Å². The molecule has 0 heterocycles. The van der Waals surface area contributed by atoms with Crippen LogP contribution < -0.4 is 10.6 Å². The molecular formula is C13H16BrClN2O3. The number of nitrogens with one attached hydrogen (secondary N) is 2. The number of amides is 2. The van der Waals surface area contributed by atoms with E-state index >= 15 is 0 Å². The van der Waals surface area contributed by atoms with Crippen molar-refractivity contribution in [3.8, 4) is 0 Å². The van der Waals surface area contributed by atoms with E-state index < -0.39 is 23.5 Å². The van der Waals surface area contributed by atoms with Crippen molar-refractivity contribution in [1.82, 2.24) is 5.32 Å². The van der Waals surface area contributed by atoms with Crippen molar-refractivity contribution in [3.63, 3.8) is 0 Å². The molecule has 0 radical (unpaired) electrons. The smallest absolute Gasteiger partial charge is 0.326 e. The van der Waals surface area contributed by atoms with Gasteiger partial charge in [-0.3, -0.25) is 0 Å². The summed E-state index contributed by atoms with van der Waals surface area (Å²) < 4.78 is 0.711. The topological polar surface area (TPSA) is 78.4 Å². The van der Waals surface area contributed by atoms with Gasteiger partial charge in [-0.05, 0) is 39.5 Å². The lowest BCUT2D eigenvalue weighted by Crippen LogP contribution is -2.50. The highest BCUT2D eigenvalue weighted by atomic mass is 79.9. The van der Waals surface area contributed by atoms with Crippen LogP contribution in [0, 0.1) is 5.41 Å². The third-order valence-electron chi connectivity index (χ3n) is 2.57. The second kappa shape index (κ2) is 6.45. The summed E-state index contributed by atoms with van der Waals surface area (Å²) in [4.78, 5) is 23.0. The highest BCUT2D eigenvalue weighted by Crippen LogP contribution is 2.25. The molecule has 0 aromatic heterocycles. The fourth-order valence-electron chi connectivity index (χ4n) is 1.52. The maximum absolute atomic E-state index is 11.8. The van der Waals surface area contributed by atoms with Crippen LogP contribution in [-0.4, -0.2) is 23.1 Å². The number of benzene rings is 1. The summed E-state index contributed by atoms with van der Waals surface area (Å²) >= 11 is 9.16. The van der Waals surface area contributed by atoms with E-state index in [9.17, 15) is 9.59 Å². The van der Waals surface area contributed by atoms with Crippen molar-refractivity contribution in [2.75, 3.05) is 5.32 Å². The lowest BCUT2D eigenvalue weighted by atomic mass is 9.87. The highest BCUT2D eigenvalue weighted by molar-refractivity contribution is 9.10. The Kier molecular flexibility index (Phi) is 5.42. The lowest BCUT2D eigenvalue weighted by Gasteiger charge is -2.27. The summed E-state index contributed by atoms with van der Waals surface area (Å²) in [5.41, 5.74) is -0.116. The van der Waals surface area contributed by atoms with Crippen LogP contribution in [-0.2, 0) is 4.79 Å². The van der Waals surface area contributed by atoms with Crippen molar-refractivity contribution in [3.05, 3.63) is 27.7 Å². The number of carboxylic acids is 1. The van der Waals surface area contributed by atoms with Crippen LogP contribution >= 0.6 is 27.5 Å². The number of anilines is 1. The number of aliphatic carboxylic acids is 1. The van der Waals surface area contributed by atoms with Crippen LogP contribution in [0.3, 0.4) is 0 Å². The van der Waals surface area contributed by atoms with Gasteiger partial charge in [0.25, 0.3) is 0 Å². The van der Waals surface area contributed by atoms with E-state index in [0.717, 1.165) is 0 Å². The molecule has 0 bridgehead atoms. The number of carbonyl (C=O) groups excluding carboxylic acids is 1. The minimum atomic E-state index is -1.08. The van der Waals surface area contributed by atoms with Crippen LogP contribution in [0.1, 0.15) is 20.8 Å². The second-order valence-electron chi connectivity index (χ2n) is 5.36. The van der Waals surface area contributed by atoms with Crippen molar-refractivity contribution < 1.29 is 14.7 Å².